The number of nitrogens with two attached hydrogens (primary N) is 1. The third-order valence-corrected chi connectivity index (χ3v) is 7.16. The molecule has 2 aromatic carbocycles. The Hall–Kier alpha value is -2.63. The first-order valence-corrected chi connectivity index (χ1v) is 11.6. The molecule has 2 amide bonds. The first-order chi connectivity index (χ1) is 13.4. The van der Waals surface area contributed by atoms with Crippen LogP contribution in [0.1, 0.15) is 19.4 Å². The molecule has 0 atom stereocenters. The second kappa shape index (κ2) is 8.39. The summed E-state index contributed by atoms with van der Waals surface area (Å²) in [5, 5.41) is 2.61. The maximum Gasteiger partial charge on any atom is 0.321 e. The molecule has 0 aliphatic carbocycles. The highest BCUT2D eigenvalue weighted by atomic mass is 32.2. The average molecular weight is 442 g/mol. The summed E-state index contributed by atoms with van der Waals surface area (Å²) in [6.45, 7) is 6.00. The van der Waals surface area contributed by atoms with Crippen molar-refractivity contribution in [2.75, 3.05) is 24.1 Å². The Bertz CT molecular complexity index is 1140. The maximum atomic E-state index is 13.0. The lowest BCUT2D eigenvalue weighted by Gasteiger charge is -2.19. The fraction of sp³-hybridized carbons (Fsp3) is 0.278. The summed E-state index contributed by atoms with van der Waals surface area (Å²) in [7, 11) is -8.83. The summed E-state index contributed by atoms with van der Waals surface area (Å²) in [6.07, 6.45) is 0. The number of rotatable bonds is 6. The highest BCUT2D eigenvalue weighted by Gasteiger charge is 2.25. The quantitative estimate of drug-likeness (QED) is 0.461. The van der Waals surface area contributed by atoms with Crippen molar-refractivity contribution in [3.8, 4) is 0 Å². The molecule has 2 aromatic rings. The fourth-order valence-electron chi connectivity index (χ4n) is 2.71. The van der Waals surface area contributed by atoms with Crippen LogP contribution >= 0.6 is 0 Å². The number of nitrogens with zero attached hydrogens (tertiary/aromatic N) is 1. The first kappa shape index (κ1) is 22.7. The molecule has 0 heterocycles. The topological polar surface area (TPSA) is 147 Å². The number of sulfone groups is 1. The van der Waals surface area contributed by atoms with E-state index in [1.807, 2.05) is 13.8 Å². The van der Waals surface area contributed by atoms with Crippen LogP contribution in [0.3, 0.4) is 0 Å². The summed E-state index contributed by atoms with van der Waals surface area (Å²) in [6, 6.07) is 6.99. The lowest BCUT2D eigenvalue weighted by atomic mass is 10.2. The first-order valence-electron chi connectivity index (χ1n) is 8.70. The molecule has 2 rings (SSSR count). The van der Waals surface area contributed by atoms with Crippen molar-refractivity contribution in [1.29, 1.82) is 0 Å². The number of amides is 2. The van der Waals surface area contributed by atoms with Gasteiger partial charge in [0.2, 0.25) is 9.84 Å². The molecular weight excluding hydrogens is 418 g/mol. The van der Waals surface area contributed by atoms with Gasteiger partial charge in [0.1, 0.15) is 0 Å². The predicted octanol–water partition coefficient (Wildman–Crippen LogP) is 2.53. The second-order valence-corrected chi connectivity index (χ2v) is 9.57. The minimum absolute atomic E-state index is 0.0696. The van der Waals surface area contributed by atoms with Gasteiger partial charge in [0, 0.05) is 18.8 Å². The molecule has 0 spiro atoms. The Morgan fingerprint density at radius 2 is 1.66 bits per heavy atom. The summed E-state index contributed by atoms with van der Waals surface area (Å²) < 4.78 is 58.5. The van der Waals surface area contributed by atoms with E-state index >= 15 is 0 Å². The summed E-state index contributed by atoms with van der Waals surface area (Å²) in [5.41, 5.74) is 6.18. The van der Waals surface area contributed by atoms with E-state index in [0.29, 0.717) is 13.1 Å². The molecule has 0 saturated heterocycles. The number of nitrogen functional groups attached to an aromatic ring is 1. The Labute approximate surface area is 170 Å². The largest absolute Gasteiger partial charge is 0.398 e. The van der Waals surface area contributed by atoms with Gasteiger partial charge in [-0.15, -0.1) is 0 Å². The lowest BCUT2D eigenvalue weighted by Crippen LogP contribution is -2.34. The Balaban J connectivity index is 2.52. The van der Waals surface area contributed by atoms with Crippen LogP contribution in [0.2, 0.25) is 0 Å². The van der Waals surface area contributed by atoms with E-state index in [1.165, 1.54) is 42.2 Å². The fourth-order valence-corrected chi connectivity index (χ4v) is 4.97. The molecule has 9 nitrogen and oxygen atoms in total. The molecule has 158 valence electrons. The average Bonchev–Trinajstić information content (AvgIpc) is 2.63. The molecule has 0 aliphatic heterocycles. The Kier molecular flexibility index (Phi) is 6.56. The van der Waals surface area contributed by atoms with E-state index in [2.05, 4.69) is 5.32 Å². The van der Waals surface area contributed by atoms with Crippen LogP contribution in [-0.2, 0) is 20.0 Å². The molecule has 0 bridgehead atoms. The monoisotopic (exact) mass is 441 g/mol. The molecule has 0 fully saturated rings. The van der Waals surface area contributed by atoms with Gasteiger partial charge in [0.05, 0.1) is 20.4 Å². The number of carbonyl (C=O) groups excluding carboxylic acids is 1. The molecule has 0 aliphatic rings. The van der Waals surface area contributed by atoms with E-state index in [-0.39, 0.29) is 26.7 Å². The van der Waals surface area contributed by atoms with Gasteiger partial charge in [-0.1, -0.05) is 6.07 Å². The van der Waals surface area contributed by atoms with E-state index in [1.54, 1.807) is 0 Å². The number of aryl methyl sites for hydroxylation is 1. The minimum atomic E-state index is -4.61. The Morgan fingerprint density at radius 3 is 2.21 bits per heavy atom. The van der Waals surface area contributed by atoms with Crippen molar-refractivity contribution in [2.24, 2.45) is 0 Å². The summed E-state index contributed by atoms with van der Waals surface area (Å²) in [4.78, 5) is 12.6. The normalized spacial score (nSPS) is 11.9. The smallest absolute Gasteiger partial charge is 0.321 e. The van der Waals surface area contributed by atoms with Gasteiger partial charge in [-0.25, -0.2) is 13.2 Å². The van der Waals surface area contributed by atoms with Gasteiger partial charge < -0.3 is 16.0 Å². The van der Waals surface area contributed by atoms with E-state index in [4.69, 9.17) is 5.73 Å². The van der Waals surface area contributed by atoms with Crippen molar-refractivity contribution < 1.29 is 26.2 Å². The molecule has 0 saturated carbocycles. The summed E-state index contributed by atoms with van der Waals surface area (Å²) in [5.74, 6) is 0. The van der Waals surface area contributed by atoms with Crippen LogP contribution in [0.25, 0.3) is 0 Å². The summed E-state index contributed by atoms with van der Waals surface area (Å²) >= 11 is 0. The van der Waals surface area contributed by atoms with Gasteiger partial charge in [-0.3, -0.25) is 4.55 Å². The third-order valence-electron chi connectivity index (χ3n) is 4.35. The molecule has 11 heteroatoms. The number of hydrogen-bond donors (Lipinski definition) is 3. The molecule has 0 unspecified atom stereocenters. The third kappa shape index (κ3) is 4.86. The van der Waals surface area contributed by atoms with Gasteiger partial charge in [-0.05, 0) is 56.7 Å². The maximum absolute atomic E-state index is 13.0. The van der Waals surface area contributed by atoms with Crippen LogP contribution in [0.5, 0.6) is 0 Å². The number of hydrogen-bond acceptors (Lipinski definition) is 6. The lowest BCUT2D eigenvalue weighted by molar-refractivity contribution is 0.217. The zero-order valence-corrected chi connectivity index (χ0v) is 17.8. The predicted molar refractivity (Wildman–Crippen MR) is 109 cm³/mol. The molecule has 0 radical (unpaired) electrons. The zero-order valence-electron chi connectivity index (χ0n) is 16.2. The zero-order chi connectivity index (χ0) is 22.0. The van der Waals surface area contributed by atoms with Crippen molar-refractivity contribution in [3.63, 3.8) is 0 Å². The van der Waals surface area contributed by atoms with Gasteiger partial charge in [0.25, 0.3) is 10.1 Å². The number of carbonyl (C=O) groups is 1. The molecular formula is C18H23N3O6S2. The SMILES string of the molecule is CCN(CC)C(=O)Nc1ccc(N)c(S(=O)(=O)c2ccc(C)c(S(=O)(=O)O)c2)c1. The van der Waals surface area contributed by atoms with Crippen molar-refractivity contribution in [1.82, 2.24) is 4.90 Å². The van der Waals surface area contributed by atoms with E-state index in [9.17, 15) is 26.2 Å². The highest BCUT2D eigenvalue weighted by molar-refractivity contribution is 7.91. The van der Waals surface area contributed by atoms with Gasteiger partial charge in [-0.2, -0.15) is 8.42 Å². The van der Waals surface area contributed by atoms with Crippen LogP contribution in [0.15, 0.2) is 51.1 Å². The van der Waals surface area contributed by atoms with E-state index in [0.717, 1.165) is 6.07 Å². The Morgan fingerprint density at radius 1 is 1.03 bits per heavy atom. The van der Waals surface area contributed by atoms with E-state index < -0.39 is 30.9 Å². The van der Waals surface area contributed by atoms with Crippen LogP contribution in [-0.4, -0.2) is 45.4 Å². The van der Waals surface area contributed by atoms with Crippen molar-refractivity contribution in [2.45, 2.75) is 35.5 Å². The molecule has 29 heavy (non-hydrogen) atoms. The highest BCUT2D eigenvalue weighted by Crippen LogP contribution is 2.30. The van der Waals surface area contributed by atoms with Crippen LogP contribution in [0, 0.1) is 6.92 Å². The second-order valence-electron chi connectivity index (χ2n) is 6.26. The van der Waals surface area contributed by atoms with Crippen molar-refractivity contribution in [3.05, 3.63) is 42.0 Å². The number of nitrogens with one attached hydrogen (secondary N) is 1. The minimum Gasteiger partial charge on any atom is -0.398 e. The van der Waals surface area contributed by atoms with Crippen LogP contribution in [0.4, 0.5) is 16.2 Å². The van der Waals surface area contributed by atoms with Crippen LogP contribution < -0.4 is 11.1 Å². The van der Waals surface area contributed by atoms with Gasteiger partial charge in [0.15, 0.2) is 0 Å². The standard InChI is InChI=1S/C18H23N3O6S2/c1-4-21(5-2)18(22)20-13-7-9-15(19)17(10-13)28(23,24)14-8-6-12(3)16(11-14)29(25,26)27/h6-11H,4-5,19H2,1-3H3,(H,20,22)(H,25,26,27). The molecule has 0 aromatic heterocycles. The number of urea groups is 1. The van der Waals surface area contributed by atoms with Crippen molar-refractivity contribution >= 4 is 37.4 Å². The van der Waals surface area contributed by atoms with Gasteiger partial charge >= 0.3 is 6.03 Å². The number of benzene rings is 2. The number of anilines is 2. The molecule has 4 N–H and O–H groups in total.